The Balaban J connectivity index is 1.43. The molecule has 0 spiro atoms. The molecule has 0 unspecified atom stereocenters. The van der Waals surface area contributed by atoms with Gasteiger partial charge in [0.05, 0.1) is 23.6 Å². The number of benzene rings is 3. The third kappa shape index (κ3) is 5.47. The Morgan fingerprint density at radius 1 is 1.07 bits per heavy atom. The van der Waals surface area contributed by atoms with E-state index in [-0.39, 0.29) is 0 Å². The van der Waals surface area contributed by atoms with E-state index in [1.54, 1.807) is 17.6 Å². The number of hydrazone groups is 1. The second-order valence-corrected chi connectivity index (χ2v) is 10.4. The molecule has 29 heavy (non-hydrogen) atoms. The highest BCUT2D eigenvalue weighted by atomic mass is 127. The summed E-state index contributed by atoms with van der Waals surface area (Å²) in [7, 11) is 0. The van der Waals surface area contributed by atoms with Crippen molar-refractivity contribution in [1.29, 1.82) is 0 Å². The summed E-state index contributed by atoms with van der Waals surface area (Å²) >= 11 is 9.64. The minimum atomic E-state index is 0.534. The van der Waals surface area contributed by atoms with Gasteiger partial charge < -0.3 is 4.74 Å². The van der Waals surface area contributed by atoms with Gasteiger partial charge in [-0.3, -0.25) is 5.43 Å². The molecule has 4 aromatic rings. The molecule has 1 aromatic heterocycles. The zero-order valence-electron chi connectivity index (χ0n) is 14.9. The minimum absolute atomic E-state index is 0.534. The molecular formula is C21H14BrI2N3OS. The summed E-state index contributed by atoms with van der Waals surface area (Å²) in [6.07, 6.45) is 1.80. The first-order valence-corrected chi connectivity index (χ1v) is 12.4. The van der Waals surface area contributed by atoms with Crippen LogP contribution in [-0.4, -0.2) is 11.2 Å². The first kappa shape index (κ1) is 21.0. The average molecular weight is 690 g/mol. The first-order chi connectivity index (χ1) is 14.1. The normalized spacial score (nSPS) is 11.3. The highest BCUT2D eigenvalue weighted by molar-refractivity contribution is 14.1. The molecule has 8 heteroatoms. The van der Waals surface area contributed by atoms with Crippen LogP contribution in [0.4, 0.5) is 5.13 Å². The van der Waals surface area contributed by atoms with Crippen molar-refractivity contribution in [2.24, 2.45) is 5.10 Å². The average Bonchev–Trinajstić information content (AvgIpc) is 3.11. The quantitative estimate of drug-likeness (QED) is 0.131. The lowest BCUT2D eigenvalue weighted by molar-refractivity contribution is 0.301. The summed E-state index contributed by atoms with van der Waals surface area (Å²) in [4.78, 5) is 4.52. The molecule has 0 fully saturated rings. The Kier molecular flexibility index (Phi) is 7.04. The summed E-state index contributed by atoms with van der Waals surface area (Å²) < 4.78 is 10.4. The summed E-state index contributed by atoms with van der Waals surface area (Å²) in [5, 5.41) is 5.12. The van der Waals surface area contributed by atoms with Crippen molar-refractivity contribution in [2.75, 3.05) is 5.43 Å². The van der Waals surface area contributed by atoms with Gasteiger partial charge in [-0.15, -0.1) is 0 Å². The molecule has 4 nitrogen and oxygen atoms in total. The van der Waals surface area contributed by atoms with Crippen LogP contribution < -0.4 is 10.2 Å². The summed E-state index contributed by atoms with van der Waals surface area (Å²) in [5.41, 5.74) is 6.14. The molecular weight excluding hydrogens is 676 g/mol. The van der Waals surface area contributed by atoms with Crippen LogP contribution in [0.5, 0.6) is 5.75 Å². The van der Waals surface area contributed by atoms with Gasteiger partial charge in [0, 0.05) is 4.47 Å². The lowest BCUT2D eigenvalue weighted by Gasteiger charge is -2.11. The van der Waals surface area contributed by atoms with E-state index in [1.807, 2.05) is 30.3 Å². The zero-order valence-corrected chi connectivity index (χ0v) is 21.6. The van der Waals surface area contributed by atoms with Crippen LogP contribution in [0.25, 0.3) is 10.2 Å². The number of anilines is 1. The fourth-order valence-electron chi connectivity index (χ4n) is 2.61. The van der Waals surface area contributed by atoms with E-state index in [0.717, 1.165) is 43.8 Å². The van der Waals surface area contributed by atoms with E-state index in [2.05, 4.69) is 107 Å². The number of hydrogen-bond donors (Lipinski definition) is 1. The van der Waals surface area contributed by atoms with E-state index in [9.17, 15) is 0 Å². The van der Waals surface area contributed by atoms with Crippen LogP contribution >= 0.6 is 72.4 Å². The second kappa shape index (κ2) is 9.71. The standard InChI is InChI=1S/C21H14BrI2N3OS/c22-15-7-5-13(6-8-15)12-28-20-16(23)9-14(10-17(20)24)11-25-27-21-26-18-3-1-2-4-19(18)29-21/h1-11H,12H2,(H,26,27)/b25-11+. The molecule has 0 atom stereocenters. The number of ether oxygens (including phenoxy) is 1. The molecule has 0 aliphatic carbocycles. The van der Waals surface area contributed by atoms with E-state index < -0.39 is 0 Å². The predicted octanol–water partition coefficient (Wildman–Crippen LogP) is 7.29. The Bertz CT molecular complexity index is 1120. The lowest BCUT2D eigenvalue weighted by atomic mass is 10.2. The zero-order chi connectivity index (χ0) is 20.2. The Morgan fingerprint density at radius 2 is 1.79 bits per heavy atom. The number of para-hydroxylation sites is 1. The molecule has 0 aliphatic rings. The maximum atomic E-state index is 6.06. The van der Waals surface area contributed by atoms with Crippen LogP contribution in [-0.2, 0) is 6.61 Å². The van der Waals surface area contributed by atoms with Gasteiger partial charge in [-0.1, -0.05) is 51.5 Å². The smallest absolute Gasteiger partial charge is 0.204 e. The van der Waals surface area contributed by atoms with E-state index in [1.165, 1.54) is 0 Å². The highest BCUT2D eigenvalue weighted by Gasteiger charge is 2.09. The van der Waals surface area contributed by atoms with E-state index in [4.69, 9.17) is 4.74 Å². The molecule has 0 bridgehead atoms. The van der Waals surface area contributed by atoms with Crippen LogP contribution in [0.1, 0.15) is 11.1 Å². The lowest BCUT2D eigenvalue weighted by Crippen LogP contribution is -2.00. The summed E-state index contributed by atoms with van der Waals surface area (Å²) in [6.45, 7) is 0.534. The van der Waals surface area contributed by atoms with Crippen LogP contribution in [0.3, 0.4) is 0 Å². The number of rotatable bonds is 6. The van der Waals surface area contributed by atoms with Crippen molar-refractivity contribution in [2.45, 2.75) is 6.61 Å². The van der Waals surface area contributed by atoms with E-state index >= 15 is 0 Å². The summed E-state index contributed by atoms with van der Waals surface area (Å²) in [6, 6.07) is 20.3. The Hall–Kier alpha value is -1.24. The number of fused-ring (bicyclic) bond motifs is 1. The monoisotopic (exact) mass is 689 g/mol. The molecule has 0 radical (unpaired) electrons. The molecule has 0 saturated carbocycles. The molecule has 0 aliphatic heterocycles. The largest absolute Gasteiger partial charge is 0.487 e. The van der Waals surface area contributed by atoms with Gasteiger partial charge in [-0.2, -0.15) is 5.10 Å². The van der Waals surface area contributed by atoms with Crippen LogP contribution in [0.15, 0.2) is 70.2 Å². The van der Waals surface area contributed by atoms with Crippen molar-refractivity contribution in [3.05, 3.63) is 83.4 Å². The van der Waals surface area contributed by atoms with Gasteiger partial charge in [0.25, 0.3) is 0 Å². The van der Waals surface area contributed by atoms with Gasteiger partial charge in [-0.05, 0) is 92.7 Å². The predicted molar refractivity (Wildman–Crippen MR) is 141 cm³/mol. The number of halogens is 3. The van der Waals surface area contributed by atoms with Crippen LogP contribution in [0.2, 0.25) is 0 Å². The molecule has 146 valence electrons. The third-order valence-corrected chi connectivity index (χ3v) is 7.06. The Labute approximate surface area is 208 Å². The first-order valence-electron chi connectivity index (χ1n) is 8.59. The van der Waals surface area contributed by atoms with Gasteiger partial charge in [0.15, 0.2) is 0 Å². The van der Waals surface area contributed by atoms with E-state index in [0.29, 0.717) is 6.61 Å². The maximum absolute atomic E-state index is 6.06. The van der Waals surface area contributed by atoms with Crippen molar-refractivity contribution in [3.8, 4) is 5.75 Å². The molecule has 1 N–H and O–H groups in total. The highest BCUT2D eigenvalue weighted by Crippen LogP contribution is 2.30. The fourth-order valence-corrected chi connectivity index (χ4v) is 5.82. The maximum Gasteiger partial charge on any atom is 0.204 e. The van der Waals surface area contributed by atoms with Crippen molar-refractivity contribution < 1.29 is 4.74 Å². The topological polar surface area (TPSA) is 46.5 Å². The third-order valence-electron chi connectivity index (χ3n) is 3.98. The number of nitrogens with zero attached hydrogens (tertiary/aromatic N) is 2. The van der Waals surface area contributed by atoms with Crippen LogP contribution in [0, 0.1) is 7.14 Å². The SMILES string of the molecule is Brc1ccc(COc2c(I)cc(/C=N/Nc3nc4ccccc4s3)cc2I)cc1. The number of hydrogen-bond acceptors (Lipinski definition) is 5. The van der Waals surface area contributed by atoms with Crippen molar-refractivity contribution >= 4 is 94.0 Å². The van der Waals surface area contributed by atoms with Gasteiger partial charge in [-0.25, -0.2) is 4.98 Å². The molecule has 4 rings (SSSR count). The number of aromatic nitrogens is 1. The van der Waals surface area contributed by atoms with Crippen molar-refractivity contribution in [1.82, 2.24) is 4.98 Å². The molecule has 0 amide bonds. The molecule has 1 heterocycles. The fraction of sp³-hybridized carbons (Fsp3) is 0.0476. The number of thiazole rings is 1. The summed E-state index contributed by atoms with van der Waals surface area (Å²) in [5.74, 6) is 0.894. The molecule has 3 aromatic carbocycles. The van der Waals surface area contributed by atoms with Gasteiger partial charge in [0.2, 0.25) is 5.13 Å². The Morgan fingerprint density at radius 3 is 2.52 bits per heavy atom. The second-order valence-electron chi connectivity index (χ2n) is 6.09. The van der Waals surface area contributed by atoms with Gasteiger partial charge >= 0.3 is 0 Å². The van der Waals surface area contributed by atoms with Crippen molar-refractivity contribution in [3.63, 3.8) is 0 Å². The molecule has 0 saturated heterocycles. The number of nitrogens with one attached hydrogen (secondary N) is 1. The minimum Gasteiger partial charge on any atom is -0.487 e. The van der Waals surface area contributed by atoms with Gasteiger partial charge in [0.1, 0.15) is 12.4 Å².